The van der Waals surface area contributed by atoms with Crippen LogP contribution in [0.25, 0.3) is 0 Å². The molecule has 1 aromatic rings. The van der Waals surface area contributed by atoms with Crippen LogP contribution < -0.4 is 9.47 Å². The van der Waals surface area contributed by atoms with Gasteiger partial charge < -0.3 is 19.5 Å². The Balaban J connectivity index is 2.88. The molecular weight excluding hydrogens is 274 g/mol. The van der Waals surface area contributed by atoms with Crippen LogP contribution in [-0.2, 0) is 11.3 Å². The molecule has 0 atom stereocenters. The van der Waals surface area contributed by atoms with Crippen LogP contribution in [0.5, 0.6) is 11.5 Å². The first-order valence-corrected chi connectivity index (χ1v) is 6.62. The Morgan fingerprint density at radius 3 is 2.52 bits per heavy atom. The summed E-state index contributed by atoms with van der Waals surface area (Å²) in [6.07, 6.45) is 1.63. The highest BCUT2D eigenvalue weighted by molar-refractivity contribution is 5.69. The summed E-state index contributed by atoms with van der Waals surface area (Å²) in [5.41, 5.74) is 0.664. The Hall–Kier alpha value is -1.86. The summed E-state index contributed by atoms with van der Waals surface area (Å²) in [4.78, 5) is 19.1. The Bertz CT molecular complexity index is 466. The highest BCUT2D eigenvalue weighted by Crippen LogP contribution is 2.29. The lowest BCUT2D eigenvalue weighted by atomic mass is 10.2. The lowest BCUT2D eigenvalue weighted by Gasteiger charge is -2.23. The van der Waals surface area contributed by atoms with Gasteiger partial charge in [-0.2, -0.15) is 0 Å². The van der Waals surface area contributed by atoms with Crippen molar-refractivity contribution in [3.63, 3.8) is 0 Å². The van der Waals surface area contributed by atoms with E-state index in [2.05, 4.69) is 4.98 Å². The molecule has 0 aliphatic rings. The number of likely N-dealkylation sites (N-methyl/N-ethyl adjacent to an activating group) is 1. The molecule has 0 radical (unpaired) electrons. The van der Waals surface area contributed by atoms with Gasteiger partial charge >= 0.3 is 5.97 Å². The van der Waals surface area contributed by atoms with Crippen molar-refractivity contribution in [3.8, 4) is 11.5 Å². The zero-order chi connectivity index (χ0) is 15.8. The van der Waals surface area contributed by atoms with Crippen molar-refractivity contribution in [3.05, 3.63) is 18.0 Å². The van der Waals surface area contributed by atoms with Crippen molar-refractivity contribution in [1.82, 2.24) is 14.8 Å². The van der Waals surface area contributed by atoms with Crippen molar-refractivity contribution in [2.24, 2.45) is 0 Å². The minimum atomic E-state index is -0.865. The quantitative estimate of drug-likeness (QED) is 0.713. The summed E-state index contributed by atoms with van der Waals surface area (Å²) in [5, 5.41) is 9.02. The van der Waals surface area contributed by atoms with Gasteiger partial charge in [0.15, 0.2) is 11.5 Å². The molecule has 0 saturated heterocycles. The summed E-state index contributed by atoms with van der Waals surface area (Å²) in [7, 11) is 7.00. The van der Waals surface area contributed by atoms with Gasteiger partial charge in [-0.1, -0.05) is 0 Å². The number of aromatic nitrogens is 1. The number of carboxylic acid groups (broad SMARTS) is 1. The van der Waals surface area contributed by atoms with E-state index in [4.69, 9.17) is 14.6 Å². The van der Waals surface area contributed by atoms with Crippen molar-refractivity contribution < 1.29 is 19.4 Å². The number of hydrogen-bond acceptors (Lipinski definition) is 6. The molecule has 7 nitrogen and oxygen atoms in total. The monoisotopic (exact) mass is 297 g/mol. The SMILES string of the molecule is COc1ccnc(CN(CCN(C)C)CC(=O)O)c1OC. The first-order chi connectivity index (χ1) is 9.97. The number of rotatable bonds is 9. The number of carboxylic acids is 1. The van der Waals surface area contributed by atoms with Crippen LogP contribution >= 0.6 is 0 Å². The Morgan fingerprint density at radius 1 is 1.29 bits per heavy atom. The van der Waals surface area contributed by atoms with E-state index in [1.807, 2.05) is 23.9 Å². The van der Waals surface area contributed by atoms with Gasteiger partial charge in [0.05, 0.1) is 20.8 Å². The molecule has 0 fully saturated rings. The molecule has 0 amide bonds. The van der Waals surface area contributed by atoms with E-state index in [1.165, 1.54) is 0 Å². The lowest BCUT2D eigenvalue weighted by molar-refractivity contribution is -0.138. The maximum atomic E-state index is 11.0. The third kappa shape index (κ3) is 5.57. The molecule has 21 heavy (non-hydrogen) atoms. The fraction of sp³-hybridized carbons (Fsp3) is 0.571. The Morgan fingerprint density at radius 2 is 2.00 bits per heavy atom. The highest BCUT2D eigenvalue weighted by Gasteiger charge is 2.17. The molecule has 0 aliphatic carbocycles. The van der Waals surface area contributed by atoms with Crippen molar-refractivity contribution in [2.45, 2.75) is 6.54 Å². The molecule has 0 aromatic carbocycles. The Kier molecular flexibility index (Phi) is 6.90. The fourth-order valence-corrected chi connectivity index (χ4v) is 1.92. The van der Waals surface area contributed by atoms with Crippen LogP contribution in [0.15, 0.2) is 12.3 Å². The first-order valence-electron chi connectivity index (χ1n) is 6.62. The summed E-state index contributed by atoms with van der Waals surface area (Å²) in [5.74, 6) is 0.265. The van der Waals surface area contributed by atoms with Crippen LogP contribution in [-0.4, -0.2) is 73.8 Å². The van der Waals surface area contributed by atoms with Crippen LogP contribution in [0.3, 0.4) is 0 Å². The highest BCUT2D eigenvalue weighted by atomic mass is 16.5. The van der Waals surface area contributed by atoms with E-state index in [0.717, 1.165) is 6.54 Å². The maximum absolute atomic E-state index is 11.0. The van der Waals surface area contributed by atoms with E-state index in [-0.39, 0.29) is 6.54 Å². The second-order valence-corrected chi connectivity index (χ2v) is 4.90. The number of hydrogen-bond donors (Lipinski definition) is 1. The predicted molar refractivity (Wildman–Crippen MR) is 78.8 cm³/mol. The molecule has 1 heterocycles. The summed E-state index contributed by atoms with van der Waals surface area (Å²) in [6, 6.07) is 1.71. The second kappa shape index (κ2) is 8.43. The molecule has 118 valence electrons. The molecule has 1 rings (SSSR count). The minimum Gasteiger partial charge on any atom is -0.493 e. The smallest absolute Gasteiger partial charge is 0.317 e. The van der Waals surface area contributed by atoms with Gasteiger partial charge in [-0.3, -0.25) is 14.7 Å². The molecular formula is C14H23N3O4. The number of ether oxygens (including phenoxy) is 2. The van der Waals surface area contributed by atoms with Crippen molar-refractivity contribution in [2.75, 3.05) is 47.9 Å². The summed E-state index contributed by atoms with van der Waals surface area (Å²) in [6.45, 7) is 1.73. The molecule has 0 unspecified atom stereocenters. The molecule has 0 spiro atoms. The number of carbonyl (C=O) groups is 1. The van der Waals surface area contributed by atoms with Crippen LogP contribution in [0.4, 0.5) is 0 Å². The number of pyridine rings is 1. The molecule has 1 aromatic heterocycles. The molecule has 1 N–H and O–H groups in total. The zero-order valence-electron chi connectivity index (χ0n) is 13.0. The zero-order valence-corrected chi connectivity index (χ0v) is 13.0. The van der Waals surface area contributed by atoms with Gasteiger partial charge in [0, 0.05) is 31.9 Å². The first kappa shape index (κ1) is 17.2. The van der Waals surface area contributed by atoms with E-state index in [0.29, 0.717) is 30.3 Å². The summed E-state index contributed by atoms with van der Waals surface area (Å²) >= 11 is 0. The minimum absolute atomic E-state index is 0.0457. The van der Waals surface area contributed by atoms with Crippen LogP contribution in [0, 0.1) is 0 Å². The lowest BCUT2D eigenvalue weighted by Crippen LogP contribution is -2.35. The van der Waals surface area contributed by atoms with Gasteiger partial charge in [-0.05, 0) is 14.1 Å². The van der Waals surface area contributed by atoms with Crippen LogP contribution in [0.1, 0.15) is 5.69 Å². The average molecular weight is 297 g/mol. The number of methoxy groups -OCH3 is 2. The Labute approximate surface area is 125 Å². The molecule has 0 saturated carbocycles. The van der Waals surface area contributed by atoms with Crippen LogP contribution in [0.2, 0.25) is 0 Å². The normalized spacial score (nSPS) is 11.0. The number of aliphatic carboxylic acids is 1. The third-order valence-electron chi connectivity index (χ3n) is 2.96. The van der Waals surface area contributed by atoms with Gasteiger partial charge in [-0.25, -0.2) is 0 Å². The maximum Gasteiger partial charge on any atom is 0.317 e. The van der Waals surface area contributed by atoms with Gasteiger partial charge in [-0.15, -0.1) is 0 Å². The third-order valence-corrected chi connectivity index (χ3v) is 2.96. The standard InChI is InChI=1S/C14H23N3O4/c1-16(2)7-8-17(10-13(18)19)9-11-14(21-4)12(20-3)5-6-15-11/h5-6H,7-10H2,1-4H3,(H,18,19). The average Bonchev–Trinajstić information content (AvgIpc) is 2.43. The van der Waals surface area contributed by atoms with Gasteiger partial charge in [0.25, 0.3) is 0 Å². The predicted octanol–water partition coefficient (Wildman–Crippen LogP) is 0.547. The molecule has 0 aliphatic heterocycles. The van der Waals surface area contributed by atoms with E-state index < -0.39 is 5.97 Å². The second-order valence-electron chi connectivity index (χ2n) is 4.90. The fourth-order valence-electron chi connectivity index (χ4n) is 1.92. The van der Waals surface area contributed by atoms with Gasteiger partial charge in [0.2, 0.25) is 0 Å². The van der Waals surface area contributed by atoms with Crippen molar-refractivity contribution >= 4 is 5.97 Å². The van der Waals surface area contributed by atoms with E-state index >= 15 is 0 Å². The number of nitrogens with zero attached hydrogens (tertiary/aromatic N) is 3. The summed E-state index contributed by atoms with van der Waals surface area (Å²) < 4.78 is 10.6. The van der Waals surface area contributed by atoms with E-state index in [9.17, 15) is 4.79 Å². The van der Waals surface area contributed by atoms with E-state index in [1.54, 1.807) is 26.5 Å². The largest absolute Gasteiger partial charge is 0.493 e. The topological polar surface area (TPSA) is 75.1 Å². The van der Waals surface area contributed by atoms with Crippen molar-refractivity contribution in [1.29, 1.82) is 0 Å². The van der Waals surface area contributed by atoms with Gasteiger partial charge in [0.1, 0.15) is 5.69 Å². The molecule has 0 bridgehead atoms. The molecule has 7 heteroatoms.